The van der Waals surface area contributed by atoms with Gasteiger partial charge < -0.3 is 0 Å². The molecule has 0 saturated carbocycles. The average Bonchev–Trinajstić information content (AvgIpc) is 3.33. The normalized spacial score (nSPS) is 16.5. The Kier molecular flexibility index (Phi) is 5.57. The lowest BCUT2D eigenvalue weighted by Crippen LogP contribution is -2.48. The standard InChI is InChI=1S/C18H17F2N3O2S3/c19-14-1-2-17(16(20)9-14)28(24,25)23-6-4-22(5-7-23)10-15-12-27-18(21-15)13-3-8-26-11-13/h1-3,8-9,11-12H,4-7,10H2. The molecule has 0 spiro atoms. The maximum absolute atomic E-state index is 13.9. The highest BCUT2D eigenvalue weighted by Gasteiger charge is 2.31. The van der Waals surface area contributed by atoms with Crippen LogP contribution in [0.5, 0.6) is 0 Å². The monoisotopic (exact) mass is 441 g/mol. The summed E-state index contributed by atoms with van der Waals surface area (Å²) in [5.74, 6) is -1.86. The number of halogens is 2. The lowest BCUT2D eigenvalue weighted by atomic mass is 10.3. The molecule has 3 heterocycles. The van der Waals surface area contributed by atoms with E-state index in [0.29, 0.717) is 25.7 Å². The molecule has 148 valence electrons. The molecule has 1 aromatic carbocycles. The van der Waals surface area contributed by atoms with Crippen LogP contribution in [0.25, 0.3) is 10.6 Å². The highest BCUT2D eigenvalue weighted by Crippen LogP contribution is 2.27. The zero-order valence-corrected chi connectivity index (χ0v) is 17.2. The minimum absolute atomic E-state index is 0.251. The summed E-state index contributed by atoms with van der Waals surface area (Å²) in [5, 5.41) is 7.06. The Balaban J connectivity index is 1.39. The fraction of sp³-hybridized carbons (Fsp3) is 0.278. The molecule has 4 rings (SSSR count). The molecule has 0 N–H and O–H groups in total. The van der Waals surface area contributed by atoms with E-state index >= 15 is 0 Å². The minimum atomic E-state index is -3.98. The summed E-state index contributed by atoms with van der Waals surface area (Å²) in [7, 11) is -3.98. The van der Waals surface area contributed by atoms with Gasteiger partial charge in [-0.15, -0.1) is 11.3 Å². The largest absolute Gasteiger partial charge is 0.295 e. The van der Waals surface area contributed by atoms with Crippen LogP contribution in [0.4, 0.5) is 8.78 Å². The molecule has 28 heavy (non-hydrogen) atoms. The van der Waals surface area contributed by atoms with Gasteiger partial charge in [0.1, 0.15) is 21.5 Å². The van der Waals surface area contributed by atoms with Crippen LogP contribution < -0.4 is 0 Å². The molecule has 0 bridgehead atoms. The van der Waals surface area contributed by atoms with Crippen molar-refractivity contribution < 1.29 is 17.2 Å². The van der Waals surface area contributed by atoms with Crippen molar-refractivity contribution in [2.24, 2.45) is 0 Å². The van der Waals surface area contributed by atoms with E-state index in [1.807, 2.05) is 16.8 Å². The first-order chi connectivity index (χ1) is 13.4. The first-order valence-electron chi connectivity index (χ1n) is 8.58. The van der Waals surface area contributed by atoms with Gasteiger partial charge in [0.2, 0.25) is 10.0 Å². The Bertz CT molecular complexity index is 1060. The number of piperazine rings is 1. The highest BCUT2D eigenvalue weighted by atomic mass is 32.2. The van der Waals surface area contributed by atoms with E-state index in [1.54, 1.807) is 22.7 Å². The van der Waals surface area contributed by atoms with Gasteiger partial charge in [0.25, 0.3) is 0 Å². The van der Waals surface area contributed by atoms with Crippen LogP contribution in [0, 0.1) is 11.6 Å². The van der Waals surface area contributed by atoms with Crippen LogP contribution in [0.2, 0.25) is 0 Å². The summed E-state index contributed by atoms with van der Waals surface area (Å²) in [6, 6.07) is 4.56. The topological polar surface area (TPSA) is 53.5 Å². The number of thiazole rings is 1. The number of sulfonamides is 1. The van der Waals surface area contributed by atoms with Crippen molar-refractivity contribution in [3.05, 3.63) is 57.7 Å². The molecule has 1 saturated heterocycles. The van der Waals surface area contributed by atoms with Gasteiger partial charge in [-0.1, -0.05) is 0 Å². The summed E-state index contributed by atoms with van der Waals surface area (Å²) >= 11 is 3.22. The Morgan fingerprint density at radius 3 is 2.54 bits per heavy atom. The number of benzene rings is 1. The van der Waals surface area contributed by atoms with Crippen molar-refractivity contribution in [2.45, 2.75) is 11.4 Å². The second kappa shape index (κ2) is 7.96. The second-order valence-electron chi connectivity index (χ2n) is 6.41. The number of hydrogen-bond donors (Lipinski definition) is 0. The van der Waals surface area contributed by atoms with Gasteiger partial charge in [-0.05, 0) is 23.6 Å². The highest BCUT2D eigenvalue weighted by molar-refractivity contribution is 7.89. The van der Waals surface area contributed by atoms with E-state index in [0.717, 1.165) is 28.4 Å². The van der Waals surface area contributed by atoms with Crippen LogP contribution in [0.1, 0.15) is 5.69 Å². The van der Waals surface area contributed by atoms with Crippen molar-refractivity contribution >= 4 is 32.7 Å². The summed E-state index contributed by atoms with van der Waals surface area (Å²) in [6.45, 7) is 2.18. The van der Waals surface area contributed by atoms with Gasteiger partial charge in [-0.25, -0.2) is 22.2 Å². The molecule has 1 fully saturated rings. The average molecular weight is 442 g/mol. The van der Waals surface area contributed by atoms with Crippen LogP contribution in [0.15, 0.2) is 45.3 Å². The molecule has 2 aromatic heterocycles. The molecule has 0 atom stereocenters. The van der Waals surface area contributed by atoms with Crippen molar-refractivity contribution in [3.63, 3.8) is 0 Å². The lowest BCUT2D eigenvalue weighted by Gasteiger charge is -2.33. The van der Waals surface area contributed by atoms with Gasteiger partial charge in [-0.2, -0.15) is 15.6 Å². The Hall–Kier alpha value is -1.72. The zero-order chi connectivity index (χ0) is 19.7. The van der Waals surface area contributed by atoms with Crippen LogP contribution in [0.3, 0.4) is 0 Å². The second-order valence-corrected chi connectivity index (χ2v) is 9.96. The molecule has 0 amide bonds. The zero-order valence-electron chi connectivity index (χ0n) is 14.7. The first-order valence-corrected chi connectivity index (χ1v) is 11.8. The number of hydrogen-bond acceptors (Lipinski definition) is 6. The molecule has 10 heteroatoms. The third kappa shape index (κ3) is 4.01. The molecule has 5 nitrogen and oxygen atoms in total. The predicted octanol–water partition coefficient (Wildman–Crippen LogP) is 3.66. The minimum Gasteiger partial charge on any atom is -0.295 e. The van der Waals surface area contributed by atoms with Crippen molar-refractivity contribution in [1.82, 2.24) is 14.2 Å². The number of rotatable bonds is 5. The maximum Gasteiger partial charge on any atom is 0.246 e. The molecular weight excluding hydrogens is 424 g/mol. The molecule has 1 aliphatic heterocycles. The third-order valence-electron chi connectivity index (χ3n) is 4.55. The van der Waals surface area contributed by atoms with Crippen LogP contribution in [-0.4, -0.2) is 48.8 Å². The third-order valence-corrected chi connectivity index (χ3v) is 8.10. The fourth-order valence-electron chi connectivity index (χ4n) is 3.08. The SMILES string of the molecule is O=S(=O)(c1ccc(F)cc1F)N1CCN(Cc2csc(-c3ccsc3)n2)CC1. The Labute approximate surface area is 169 Å². The van der Waals surface area contributed by atoms with Crippen LogP contribution >= 0.6 is 22.7 Å². The predicted molar refractivity (Wildman–Crippen MR) is 106 cm³/mol. The van der Waals surface area contributed by atoms with E-state index in [-0.39, 0.29) is 13.1 Å². The number of aromatic nitrogens is 1. The smallest absolute Gasteiger partial charge is 0.246 e. The molecule has 1 aliphatic rings. The molecule has 0 aliphatic carbocycles. The summed E-state index contributed by atoms with van der Waals surface area (Å²) in [5.41, 5.74) is 2.06. The van der Waals surface area contributed by atoms with Crippen molar-refractivity contribution in [3.8, 4) is 10.6 Å². The van der Waals surface area contributed by atoms with Gasteiger partial charge in [0.05, 0.1) is 5.69 Å². The maximum atomic E-state index is 13.9. The fourth-order valence-corrected chi connectivity index (χ4v) is 6.07. The summed E-state index contributed by atoms with van der Waals surface area (Å²) < 4.78 is 53.5. The molecular formula is C18H17F2N3O2S3. The van der Waals surface area contributed by atoms with Gasteiger partial charge in [-0.3, -0.25) is 4.90 Å². The molecule has 3 aromatic rings. The van der Waals surface area contributed by atoms with E-state index in [4.69, 9.17) is 0 Å². The lowest BCUT2D eigenvalue weighted by molar-refractivity contribution is 0.180. The van der Waals surface area contributed by atoms with Gasteiger partial charge in [0, 0.05) is 55.1 Å². The van der Waals surface area contributed by atoms with Crippen molar-refractivity contribution in [1.29, 1.82) is 0 Å². The summed E-state index contributed by atoms with van der Waals surface area (Å²) in [6.07, 6.45) is 0. The molecule has 0 unspecified atom stereocenters. The van der Waals surface area contributed by atoms with E-state index in [9.17, 15) is 17.2 Å². The van der Waals surface area contributed by atoms with E-state index < -0.39 is 26.6 Å². The Morgan fingerprint density at radius 1 is 1.07 bits per heavy atom. The van der Waals surface area contributed by atoms with Gasteiger partial charge >= 0.3 is 0 Å². The molecule has 0 radical (unpaired) electrons. The van der Waals surface area contributed by atoms with E-state index in [1.165, 1.54) is 4.31 Å². The summed E-state index contributed by atoms with van der Waals surface area (Å²) in [4.78, 5) is 6.29. The number of thiophene rings is 1. The first kappa shape index (κ1) is 19.6. The van der Waals surface area contributed by atoms with Crippen LogP contribution in [-0.2, 0) is 16.6 Å². The van der Waals surface area contributed by atoms with Crippen molar-refractivity contribution in [2.75, 3.05) is 26.2 Å². The number of nitrogens with zero attached hydrogens (tertiary/aromatic N) is 3. The quantitative estimate of drug-likeness (QED) is 0.607. The van der Waals surface area contributed by atoms with E-state index in [2.05, 4.69) is 15.3 Å². The Morgan fingerprint density at radius 2 is 1.86 bits per heavy atom. The van der Waals surface area contributed by atoms with Gasteiger partial charge in [0.15, 0.2) is 0 Å².